The first-order valence-electron chi connectivity index (χ1n) is 7.51. The highest BCUT2D eigenvalue weighted by atomic mass is 35.5. The summed E-state index contributed by atoms with van der Waals surface area (Å²) >= 11 is 8.12. The molecule has 23 heavy (non-hydrogen) atoms. The molecule has 0 aliphatic rings. The first kappa shape index (κ1) is 14.5. The van der Waals surface area contributed by atoms with Crippen molar-refractivity contribution in [3.8, 4) is 0 Å². The van der Waals surface area contributed by atoms with Gasteiger partial charge >= 0.3 is 0 Å². The smallest absolute Gasteiger partial charge is 0.115 e. The van der Waals surface area contributed by atoms with Crippen LogP contribution in [0.25, 0.3) is 11.0 Å². The SMILES string of the molecule is Clc1ccccc1Cn1c(Cc2cccs2)nc2ccccc21. The molecule has 2 heterocycles. The molecular weight excluding hydrogens is 324 g/mol. The number of thiophene rings is 1. The summed E-state index contributed by atoms with van der Waals surface area (Å²) in [5.41, 5.74) is 3.30. The lowest BCUT2D eigenvalue weighted by atomic mass is 10.2. The van der Waals surface area contributed by atoms with Crippen LogP contribution in [-0.2, 0) is 13.0 Å². The number of hydrogen-bond acceptors (Lipinski definition) is 2. The van der Waals surface area contributed by atoms with E-state index in [2.05, 4.69) is 46.3 Å². The van der Waals surface area contributed by atoms with Gasteiger partial charge in [0.15, 0.2) is 0 Å². The molecule has 0 amide bonds. The molecule has 0 unspecified atom stereocenters. The Morgan fingerprint density at radius 2 is 1.78 bits per heavy atom. The van der Waals surface area contributed by atoms with Gasteiger partial charge in [0.1, 0.15) is 5.82 Å². The molecule has 2 nitrogen and oxygen atoms in total. The van der Waals surface area contributed by atoms with Crippen molar-refractivity contribution >= 4 is 34.0 Å². The summed E-state index contributed by atoms with van der Waals surface area (Å²) in [4.78, 5) is 6.16. The number of nitrogens with zero attached hydrogens (tertiary/aromatic N) is 2. The monoisotopic (exact) mass is 338 g/mol. The topological polar surface area (TPSA) is 17.8 Å². The summed E-state index contributed by atoms with van der Waals surface area (Å²) in [6, 6.07) is 20.5. The molecule has 0 aliphatic carbocycles. The third-order valence-corrected chi connectivity index (χ3v) is 5.18. The van der Waals surface area contributed by atoms with E-state index in [4.69, 9.17) is 16.6 Å². The third-order valence-electron chi connectivity index (χ3n) is 3.93. The molecule has 4 aromatic rings. The highest BCUT2D eigenvalue weighted by Crippen LogP contribution is 2.24. The van der Waals surface area contributed by atoms with Crippen LogP contribution in [0.3, 0.4) is 0 Å². The highest BCUT2D eigenvalue weighted by molar-refractivity contribution is 7.09. The van der Waals surface area contributed by atoms with E-state index in [-0.39, 0.29) is 0 Å². The van der Waals surface area contributed by atoms with Crippen LogP contribution in [0.5, 0.6) is 0 Å². The fourth-order valence-corrected chi connectivity index (χ4v) is 3.70. The molecule has 0 atom stereocenters. The van der Waals surface area contributed by atoms with Gasteiger partial charge in [0, 0.05) is 16.3 Å². The number of fused-ring (bicyclic) bond motifs is 1. The van der Waals surface area contributed by atoms with Crippen LogP contribution in [0.4, 0.5) is 0 Å². The maximum atomic E-state index is 6.36. The molecule has 0 radical (unpaired) electrons. The minimum atomic E-state index is 0.737. The van der Waals surface area contributed by atoms with E-state index in [0.29, 0.717) is 0 Å². The molecule has 0 spiro atoms. The summed E-state index contributed by atoms with van der Waals surface area (Å²) in [5.74, 6) is 1.08. The molecule has 4 heteroatoms. The Balaban J connectivity index is 1.81. The van der Waals surface area contributed by atoms with Gasteiger partial charge in [-0.05, 0) is 35.2 Å². The molecule has 0 aliphatic heterocycles. The number of halogens is 1. The van der Waals surface area contributed by atoms with Crippen molar-refractivity contribution < 1.29 is 0 Å². The summed E-state index contributed by atoms with van der Waals surface area (Å²) < 4.78 is 2.27. The zero-order valence-corrected chi connectivity index (χ0v) is 14.0. The fourth-order valence-electron chi connectivity index (χ4n) is 2.80. The molecule has 0 saturated carbocycles. The van der Waals surface area contributed by atoms with Gasteiger partial charge in [-0.1, -0.05) is 48.0 Å². The van der Waals surface area contributed by atoms with E-state index in [1.807, 2.05) is 24.3 Å². The minimum absolute atomic E-state index is 0.737. The van der Waals surface area contributed by atoms with Gasteiger partial charge in [-0.15, -0.1) is 11.3 Å². The minimum Gasteiger partial charge on any atom is -0.323 e. The van der Waals surface area contributed by atoms with Crippen molar-refractivity contribution in [1.29, 1.82) is 0 Å². The van der Waals surface area contributed by atoms with Crippen LogP contribution >= 0.6 is 22.9 Å². The van der Waals surface area contributed by atoms with Gasteiger partial charge in [0.2, 0.25) is 0 Å². The summed E-state index contributed by atoms with van der Waals surface area (Å²) in [6.07, 6.45) is 0.844. The van der Waals surface area contributed by atoms with Crippen LogP contribution in [0, 0.1) is 0 Å². The number of benzene rings is 2. The van der Waals surface area contributed by atoms with E-state index in [0.717, 1.165) is 40.4 Å². The number of imidazole rings is 1. The zero-order valence-electron chi connectivity index (χ0n) is 12.4. The van der Waals surface area contributed by atoms with Gasteiger partial charge in [0.05, 0.1) is 17.6 Å². The maximum absolute atomic E-state index is 6.36. The summed E-state index contributed by atoms with van der Waals surface area (Å²) in [5, 5.41) is 2.91. The molecular formula is C19H15ClN2S. The largest absolute Gasteiger partial charge is 0.323 e. The Morgan fingerprint density at radius 1 is 0.957 bits per heavy atom. The lowest BCUT2D eigenvalue weighted by Crippen LogP contribution is -2.06. The summed E-state index contributed by atoms with van der Waals surface area (Å²) in [7, 11) is 0. The first-order valence-corrected chi connectivity index (χ1v) is 8.77. The van der Waals surface area contributed by atoms with E-state index in [9.17, 15) is 0 Å². The average Bonchev–Trinajstić information content (AvgIpc) is 3.19. The Hall–Kier alpha value is -2.10. The van der Waals surface area contributed by atoms with Crippen LogP contribution in [0.1, 0.15) is 16.3 Å². The van der Waals surface area contributed by atoms with Gasteiger partial charge in [-0.3, -0.25) is 0 Å². The Morgan fingerprint density at radius 3 is 2.61 bits per heavy atom. The van der Waals surface area contributed by atoms with Gasteiger partial charge < -0.3 is 4.57 Å². The van der Waals surface area contributed by atoms with Crippen LogP contribution in [0.15, 0.2) is 66.0 Å². The summed E-state index contributed by atoms with van der Waals surface area (Å²) in [6.45, 7) is 0.737. The standard InChI is InChI=1S/C19H15ClN2S/c20-16-8-2-1-6-14(16)13-22-18-10-4-3-9-17(18)21-19(22)12-15-7-5-11-23-15/h1-11H,12-13H2. The number of aromatic nitrogens is 2. The van der Waals surface area contributed by atoms with Crippen molar-refractivity contribution in [3.63, 3.8) is 0 Å². The lowest BCUT2D eigenvalue weighted by molar-refractivity contribution is 0.765. The maximum Gasteiger partial charge on any atom is 0.115 e. The zero-order chi connectivity index (χ0) is 15.6. The van der Waals surface area contributed by atoms with Crippen molar-refractivity contribution in [3.05, 3.63) is 87.3 Å². The molecule has 0 fully saturated rings. The van der Waals surface area contributed by atoms with Crippen LogP contribution in [-0.4, -0.2) is 9.55 Å². The van der Waals surface area contributed by atoms with E-state index in [1.54, 1.807) is 11.3 Å². The molecule has 0 bridgehead atoms. The van der Waals surface area contributed by atoms with Crippen LogP contribution < -0.4 is 0 Å². The molecule has 0 saturated heterocycles. The van der Waals surface area contributed by atoms with E-state index >= 15 is 0 Å². The second-order valence-electron chi connectivity index (χ2n) is 5.45. The Bertz CT molecular complexity index is 941. The first-order chi connectivity index (χ1) is 11.3. The van der Waals surface area contributed by atoms with Crippen molar-refractivity contribution in [1.82, 2.24) is 9.55 Å². The number of hydrogen-bond donors (Lipinski definition) is 0. The van der Waals surface area contributed by atoms with E-state index in [1.165, 1.54) is 4.88 Å². The van der Waals surface area contributed by atoms with Gasteiger partial charge in [0.25, 0.3) is 0 Å². The average molecular weight is 339 g/mol. The van der Waals surface area contributed by atoms with Crippen molar-refractivity contribution in [2.75, 3.05) is 0 Å². The molecule has 2 aromatic carbocycles. The van der Waals surface area contributed by atoms with Crippen LogP contribution in [0.2, 0.25) is 5.02 Å². The van der Waals surface area contributed by atoms with Gasteiger partial charge in [-0.2, -0.15) is 0 Å². The molecule has 2 aromatic heterocycles. The predicted octanol–water partition coefficient (Wildman–Crippen LogP) is 5.39. The van der Waals surface area contributed by atoms with Crippen molar-refractivity contribution in [2.24, 2.45) is 0 Å². The normalized spacial score (nSPS) is 11.2. The highest BCUT2D eigenvalue weighted by Gasteiger charge is 2.13. The second-order valence-corrected chi connectivity index (χ2v) is 6.89. The van der Waals surface area contributed by atoms with Gasteiger partial charge in [-0.25, -0.2) is 4.98 Å². The molecule has 114 valence electrons. The Kier molecular flexibility index (Phi) is 3.90. The number of rotatable bonds is 4. The third kappa shape index (κ3) is 2.90. The predicted molar refractivity (Wildman–Crippen MR) is 97.4 cm³/mol. The Labute approximate surface area is 144 Å². The molecule has 4 rings (SSSR count). The second kappa shape index (κ2) is 6.19. The van der Waals surface area contributed by atoms with E-state index < -0.39 is 0 Å². The lowest BCUT2D eigenvalue weighted by Gasteiger charge is -2.10. The van der Waals surface area contributed by atoms with Crippen molar-refractivity contribution in [2.45, 2.75) is 13.0 Å². The molecule has 0 N–H and O–H groups in total. The quantitative estimate of drug-likeness (QED) is 0.487. The number of para-hydroxylation sites is 2. The fraction of sp³-hybridized carbons (Fsp3) is 0.105.